The zero-order valence-electron chi connectivity index (χ0n) is 15.3. The third-order valence-corrected chi connectivity index (χ3v) is 4.62. The molecular weight excluding hydrogens is 321 g/mol. The zero-order valence-corrected chi connectivity index (χ0v) is 15.3. The van der Waals surface area contributed by atoms with E-state index in [9.17, 15) is 9.18 Å². The van der Waals surface area contributed by atoms with Crippen molar-refractivity contribution in [2.45, 2.75) is 64.1 Å². The number of carbonyl (C=O) groups is 1. The summed E-state index contributed by atoms with van der Waals surface area (Å²) in [5.74, 6) is -0.172. The number of rotatable bonds is 4. The highest BCUT2D eigenvalue weighted by Crippen LogP contribution is 2.29. The van der Waals surface area contributed by atoms with Crippen molar-refractivity contribution in [3.63, 3.8) is 0 Å². The fraction of sp³-hybridized carbons (Fsp3) is 0.632. The van der Waals surface area contributed by atoms with Gasteiger partial charge >= 0.3 is 6.09 Å². The maximum Gasteiger partial charge on any atom is 0.407 e. The largest absolute Gasteiger partial charge is 0.444 e. The Morgan fingerprint density at radius 2 is 1.88 bits per heavy atom. The van der Waals surface area contributed by atoms with Crippen LogP contribution >= 0.6 is 0 Å². The molecule has 0 aromatic heterocycles. The molecule has 1 aliphatic heterocycles. The van der Waals surface area contributed by atoms with Crippen molar-refractivity contribution in [3.05, 3.63) is 24.0 Å². The van der Waals surface area contributed by atoms with E-state index in [1.807, 2.05) is 32.9 Å². The molecule has 2 N–H and O–H groups in total. The Hall–Kier alpha value is -1.98. The molecule has 1 aromatic carbocycles. The lowest BCUT2D eigenvalue weighted by Gasteiger charge is -2.37. The molecule has 0 unspecified atom stereocenters. The van der Waals surface area contributed by atoms with Crippen molar-refractivity contribution in [3.8, 4) is 0 Å². The van der Waals surface area contributed by atoms with E-state index in [-0.39, 0.29) is 24.0 Å². The van der Waals surface area contributed by atoms with E-state index in [2.05, 4.69) is 15.5 Å². The number of nitrogens with zero attached hydrogens (tertiary/aromatic N) is 1. The maximum absolute atomic E-state index is 14.3. The van der Waals surface area contributed by atoms with E-state index in [4.69, 9.17) is 4.74 Å². The predicted octanol–water partition coefficient (Wildman–Crippen LogP) is 3.89. The predicted molar refractivity (Wildman–Crippen MR) is 97.6 cm³/mol. The molecule has 1 aliphatic carbocycles. The first kappa shape index (κ1) is 17.8. The molecule has 6 heteroatoms. The molecule has 0 atom stereocenters. The summed E-state index contributed by atoms with van der Waals surface area (Å²) in [6.45, 7) is 7.41. The quantitative estimate of drug-likeness (QED) is 0.866. The molecule has 5 nitrogen and oxygen atoms in total. The second-order valence-corrected chi connectivity index (χ2v) is 8.02. The van der Waals surface area contributed by atoms with Gasteiger partial charge in [0, 0.05) is 30.9 Å². The summed E-state index contributed by atoms with van der Waals surface area (Å²) in [5, 5.41) is 6.20. The summed E-state index contributed by atoms with van der Waals surface area (Å²) >= 11 is 0. The van der Waals surface area contributed by atoms with Gasteiger partial charge in [-0.25, -0.2) is 9.18 Å². The van der Waals surface area contributed by atoms with Crippen molar-refractivity contribution in [1.29, 1.82) is 0 Å². The monoisotopic (exact) mass is 349 g/mol. The van der Waals surface area contributed by atoms with Crippen LogP contribution in [-0.4, -0.2) is 36.9 Å². The molecule has 0 radical (unpaired) electrons. The summed E-state index contributed by atoms with van der Waals surface area (Å²) in [5.41, 5.74) is 1.00. The molecule has 1 amide bonds. The highest BCUT2D eigenvalue weighted by atomic mass is 19.1. The first-order valence-electron chi connectivity index (χ1n) is 9.11. The molecule has 2 aliphatic rings. The molecule has 1 saturated heterocycles. The van der Waals surface area contributed by atoms with Crippen LogP contribution in [0.1, 0.15) is 46.5 Å². The average molecular weight is 349 g/mol. The minimum absolute atomic E-state index is 0.112. The lowest BCUT2D eigenvalue weighted by atomic mass is 9.86. The minimum Gasteiger partial charge on any atom is -0.444 e. The summed E-state index contributed by atoms with van der Waals surface area (Å²) in [6, 6.07) is 5.73. The number of anilines is 2. The van der Waals surface area contributed by atoms with Crippen molar-refractivity contribution in [2.75, 3.05) is 23.3 Å². The van der Waals surface area contributed by atoms with Gasteiger partial charge in [-0.15, -0.1) is 0 Å². The number of carbonyl (C=O) groups excluding carboxylic acids is 1. The number of ether oxygens (including phenoxy) is 1. The van der Waals surface area contributed by atoms with Gasteiger partial charge in [0.2, 0.25) is 0 Å². The Kier molecular flexibility index (Phi) is 5.06. The molecule has 1 heterocycles. The standard InChI is InChI=1S/C19H28FN3O2/c1-19(2,3)25-18(24)22-15-10-14(11-15)21-13-6-7-17(16(20)12-13)23-8-4-5-9-23/h6-7,12,14-15,21H,4-5,8-11H2,1-3H3,(H,22,24). The van der Waals surface area contributed by atoms with Crippen LogP contribution in [0.15, 0.2) is 18.2 Å². The van der Waals surface area contributed by atoms with E-state index >= 15 is 0 Å². The summed E-state index contributed by atoms with van der Waals surface area (Å²) in [4.78, 5) is 13.8. The number of hydrogen-bond donors (Lipinski definition) is 2. The summed E-state index contributed by atoms with van der Waals surface area (Å²) < 4.78 is 19.6. The Balaban J connectivity index is 1.45. The fourth-order valence-corrected chi connectivity index (χ4v) is 3.37. The third-order valence-electron chi connectivity index (χ3n) is 4.62. The lowest BCUT2D eigenvalue weighted by Crippen LogP contribution is -2.50. The van der Waals surface area contributed by atoms with Crippen LogP contribution in [0.2, 0.25) is 0 Å². The average Bonchev–Trinajstić information content (AvgIpc) is 2.97. The number of benzene rings is 1. The van der Waals surface area contributed by atoms with Crippen molar-refractivity contribution < 1.29 is 13.9 Å². The van der Waals surface area contributed by atoms with Gasteiger partial charge in [-0.3, -0.25) is 0 Å². The van der Waals surface area contributed by atoms with E-state index in [1.54, 1.807) is 6.07 Å². The Labute approximate surface area is 148 Å². The number of alkyl carbamates (subject to hydrolysis) is 1. The SMILES string of the molecule is CC(C)(C)OC(=O)NC1CC(Nc2ccc(N3CCCC3)c(F)c2)C1. The highest BCUT2D eigenvalue weighted by molar-refractivity contribution is 5.68. The second-order valence-electron chi connectivity index (χ2n) is 8.02. The molecule has 0 bridgehead atoms. The third kappa shape index (κ3) is 4.77. The first-order chi connectivity index (χ1) is 11.8. The maximum atomic E-state index is 14.3. The molecule has 1 aromatic rings. The van der Waals surface area contributed by atoms with E-state index in [0.29, 0.717) is 5.69 Å². The van der Waals surface area contributed by atoms with Crippen LogP contribution in [0.25, 0.3) is 0 Å². The minimum atomic E-state index is -0.486. The lowest BCUT2D eigenvalue weighted by molar-refractivity contribution is 0.0475. The van der Waals surface area contributed by atoms with Gasteiger partial charge in [-0.1, -0.05) is 0 Å². The van der Waals surface area contributed by atoms with E-state index in [0.717, 1.165) is 44.5 Å². The molecule has 138 valence electrons. The van der Waals surface area contributed by atoms with Crippen molar-refractivity contribution in [2.24, 2.45) is 0 Å². The number of halogens is 1. The summed E-state index contributed by atoms with van der Waals surface area (Å²) in [6.07, 6.45) is 3.52. The first-order valence-corrected chi connectivity index (χ1v) is 9.11. The van der Waals surface area contributed by atoms with Crippen LogP contribution in [0.5, 0.6) is 0 Å². The number of hydrogen-bond acceptors (Lipinski definition) is 4. The van der Waals surface area contributed by atoms with Crippen LogP contribution in [0.3, 0.4) is 0 Å². The summed E-state index contributed by atoms with van der Waals surface area (Å²) in [7, 11) is 0. The zero-order chi connectivity index (χ0) is 18.0. The Bertz CT molecular complexity index is 618. The van der Waals surface area contributed by atoms with Gasteiger partial charge in [0.15, 0.2) is 0 Å². The smallest absolute Gasteiger partial charge is 0.407 e. The topological polar surface area (TPSA) is 53.6 Å². The van der Waals surface area contributed by atoms with Crippen molar-refractivity contribution in [1.82, 2.24) is 5.32 Å². The van der Waals surface area contributed by atoms with Crippen LogP contribution in [0.4, 0.5) is 20.6 Å². The van der Waals surface area contributed by atoms with E-state index < -0.39 is 5.60 Å². The number of nitrogens with one attached hydrogen (secondary N) is 2. The second kappa shape index (κ2) is 7.10. The molecular formula is C19H28FN3O2. The normalized spacial score (nSPS) is 23.1. The molecule has 2 fully saturated rings. The van der Waals surface area contributed by atoms with Gasteiger partial charge in [-0.2, -0.15) is 0 Å². The van der Waals surface area contributed by atoms with Gasteiger partial charge < -0.3 is 20.3 Å². The van der Waals surface area contributed by atoms with Gasteiger partial charge in [0.25, 0.3) is 0 Å². The van der Waals surface area contributed by atoms with Crippen LogP contribution in [-0.2, 0) is 4.74 Å². The Morgan fingerprint density at radius 1 is 1.20 bits per heavy atom. The molecule has 0 spiro atoms. The molecule has 3 rings (SSSR count). The number of amides is 1. The fourth-order valence-electron chi connectivity index (χ4n) is 3.37. The Morgan fingerprint density at radius 3 is 2.48 bits per heavy atom. The molecule has 1 saturated carbocycles. The van der Waals surface area contributed by atoms with Gasteiger partial charge in [0.05, 0.1) is 5.69 Å². The van der Waals surface area contributed by atoms with Gasteiger partial charge in [-0.05, 0) is 64.7 Å². The van der Waals surface area contributed by atoms with Crippen LogP contribution in [0, 0.1) is 5.82 Å². The van der Waals surface area contributed by atoms with Gasteiger partial charge in [0.1, 0.15) is 11.4 Å². The molecule has 25 heavy (non-hydrogen) atoms. The van der Waals surface area contributed by atoms with E-state index in [1.165, 1.54) is 0 Å². The highest BCUT2D eigenvalue weighted by Gasteiger charge is 2.31. The van der Waals surface area contributed by atoms with Crippen LogP contribution < -0.4 is 15.5 Å². The van der Waals surface area contributed by atoms with Crippen molar-refractivity contribution >= 4 is 17.5 Å².